The highest BCUT2D eigenvalue weighted by molar-refractivity contribution is 5.76. The van der Waals surface area contributed by atoms with E-state index < -0.39 is 0 Å². The predicted molar refractivity (Wildman–Crippen MR) is 139 cm³/mol. The molecule has 4 N–H and O–H groups in total. The van der Waals surface area contributed by atoms with Crippen LogP contribution in [0, 0.1) is 6.92 Å². The Morgan fingerprint density at radius 1 is 1.08 bits per heavy atom. The molecule has 10 nitrogen and oxygen atoms in total. The van der Waals surface area contributed by atoms with Crippen LogP contribution in [0.15, 0.2) is 36.4 Å². The minimum atomic E-state index is 0.0832. The lowest BCUT2D eigenvalue weighted by atomic mass is 10.1. The van der Waals surface area contributed by atoms with Crippen molar-refractivity contribution >= 4 is 29.2 Å². The number of nitrogens with zero attached hydrogens (tertiary/aromatic N) is 4. The highest BCUT2D eigenvalue weighted by atomic mass is 16.5. The van der Waals surface area contributed by atoms with Crippen molar-refractivity contribution in [3.05, 3.63) is 53.3 Å². The molecule has 5 rings (SSSR count). The van der Waals surface area contributed by atoms with E-state index in [1.165, 1.54) is 18.5 Å². The summed E-state index contributed by atoms with van der Waals surface area (Å²) in [5.41, 5.74) is 4.03. The Balaban J connectivity index is 1.08. The number of aromatic nitrogens is 4. The van der Waals surface area contributed by atoms with Gasteiger partial charge in [0, 0.05) is 67.7 Å². The van der Waals surface area contributed by atoms with Gasteiger partial charge in [-0.05, 0) is 43.9 Å². The second kappa shape index (κ2) is 11.5. The van der Waals surface area contributed by atoms with Gasteiger partial charge in [-0.3, -0.25) is 14.8 Å². The van der Waals surface area contributed by atoms with Crippen LogP contribution in [0.2, 0.25) is 0 Å². The van der Waals surface area contributed by atoms with Crippen molar-refractivity contribution in [1.29, 1.82) is 0 Å². The summed E-state index contributed by atoms with van der Waals surface area (Å²) in [4.78, 5) is 23.6. The lowest BCUT2D eigenvalue weighted by molar-refractivity contribution is -0.121. The van der Waals surface area contributed by atoms with Gasteiger partial charge in [0.2, 0.25) is 11.9 Å². The first kappa shape index (κ1) is 24.2. The molecule has 36 heavy (non-hydrogen) atoms. The SMILES string of the molecule is Cc1cc(Nc2cc(C3CC3)[nH]n2)nc(Nc2ccc(CCC(=O)NCCN3CCOCC3)cc2)n1. The smallest absolute Gasteiger partial charge is 0.229 e. The van der Waals surface area contributed by atoms with Crippen molar-refractivity contribution in [3.8, 4) is 0 Å². The minimum Gasteiger partial charge on any atom is -0.379 e. The summed E-state index contributed by atoms with van der Waals surface area (Å²) in [6, 6.07) is 12.0. The molecule has 0 bridgehead atoms. The number of rotatable bonds is 11. The van der Waals surface area contributed by atoms with E-state index in [1.807, 2.05) is 43.3 Å². The molecule has 2 aromatic heterocycles. The largest absolute Gasteiger partial charge is 0.379 e. The van der Waals surface area contributed by atoms with Crippen molar-refractivity contribution in [1.82, 2.24) is 30.4 Å². The van der Waals surface area contributed by atoms with Crippen LogP contribution in [-0.2, 0) is 16.0 Å². The molecule has 190 valence electrons. The Kier molecular flexibility index (Phi) is 7.73. The molecule has 1 aliphatic heterocycles. The summed E-state index contributed by atoms with van der Waals surface area (Å²) in [5.74, 6) is 2.67. The first-order valence-corrected chi connectivity index (χ1v) is 12.7. The van der Waals surface area contributed by atoms with Gasteiger partial charge in [0.05, 0.1) is 13.2 Å². The summed E-state index contributed by atoms with van der Waals surface area (Å²) in [7, 11) is 0. The number of aryl methyl sites for hydroxylation is 2. The number of morpholine rings is 1. The number of ether oxygens (including phenoxy) is 1. The minimum absolute atomic E-state index is 0.0832. The molecule has 2 aliphatic rings. The predicted octanol–water partition coefficient (Wildman–Crippen LogP) is 3.25. The summed E-state index contributed by atoms with van der Waals surface area (Å²) in [6.45, 7) is 6.92. The third-order valence-electron chi connectivity index (χ3n) is 6.43. The van der Waals surface area contributed by atoms with Crippen molar-refractivity contribution < 1.29 is 9.53 Å². The molecule has 0 atom stereocenters. The summed E-state index contributed by atoms with van der Waals surface area (Å²) in [6.07, 6.45) is 3.63. The highest BCUT2D eigenvalue weighted by Gasteiger charge is 2.25. The zero-order valence-corrected chi connectivity index (χ0v) is 20.7. The fraction of sp³-hybridized carbons (Fsp3) is 0.462. The number of carbonyl (C=O) groups excluding carboxylic acids is 1. The van der Waals surface area contributed by atoms with Gasteiger partial charge in [-0.1, -0.05) is 12.1 Å². The Bertz CT molecular complexity index is 1150. The van der Waals surface area contributed by atoms with E-state index in [9.17, 15) is 4.79 Å². The fourth-order valence-electron chi connectivity index (χ4n) is 4.23. The van der Waals surface area contributed by atoms with Crippen LogP contribution in [0.5, 0.6) is 0 Å². The van der Waals surface area contributed by atoms with Crippen LogP contribution < -0.4 is 16.0 Å². The molecule has 1 amide bonds. The quantitative estimate of drug-likeness (QED) is 0.323. The van der Waals surface area contributed by atoms with Crippen LogP contribution in [0.4, 0.5) is 23.3 Å². The van der Waals surface area contributed by atoms with E-state index in [4.69, 9.17) is 4.74 Å². The average Bonchev–Trinajstić information content (AvgIpc) is 3.63. The zero-order valence-electron chi connectivity index (χ0n) is 20.7. The number of carbonyl (C=O) groups is 1. The van der Waals surface area contributed by atoms with E-state index in [0.717, 1.165) is 55.6 Å². The molecule has 3 heterocycles. The van der Waals surface area contributed by atoms with E-state index in [0.29, 0.717) is 37.1 Å². The number of nitrogens with one attached hydrogen (secondary N) is 4. The lowest BCUT2D eigenvalue weighted by Gasteiger charge is -2.26. The molecule has 3 aromatic rings. The molecule has 1 aromatic carbocycles. The van der Waals surface area contributed by atoms with Crippen LogP contribution in [0.1, 0.15) is 42.1 Å². The molecule has 2 fully saturated rings. The maximum atomic E-state index is 12.2. The van der Waals surface area contributed by atoms with Gasteiger partial charge in [-0.15, -0.1) is 0 Å². The van der Waals surface area contributed by atoms with Crippen molar-refractivity contribution in [3.63, 3.8) is 0 Å². The van der Waals surface area contributed by atoms with Crippen LogP contribution in [-0.4, -0.2) is 70.4 Å². The first-order valence-electron chi connectivity index (χ1n) is 12.7. The molecular weight excluding hydrogens is 456 g/mol. The second-order valence-electron chi connectivity index (χ2n) is 9.45. The van der Waals surface area contributed by atoms with Gasteiger partial charge >= 0.3 is 0 Å². The highest BCUT2D eigenvalue weighted by Crippen LogP contribution is 2.39. The van der Waals surface area contributed by atoms with E-state index in [-0.39, 0.29) is 5.91 Å². The van der Waals surface area contributed by atoms with E-state index in [2.05, 4.69) is 41.0 Å². The number of amides is 1. The van der Waals surface area contributed by atoms with Crippen molar-refractivity contribution in [2.45, 2.75) is 38.5 Å². The maximum absolute atomic E-state index is 12.2. The van der Waals surface area contributed by atoms with Gasteiger partial charge < -0.3 is 20.7 Å². The second-order valence-corrected chi connectivity index (χ2v) is 9.45. The number of benzene rings is 1. The van der Waals surface area contributed by atoms with Gasteiger partial charge in [-0.2, -0.15) is 10.1 Å². The third-order valence-corrected chi connectivity index (χ3v) is 6.43. The Labute approximate surface area is 211 Å². The third kappa shape index (κ3) is 7.02. The van der Waals surface area contributed by atoms with Crippen LogP contribution >= 0.6 is 0 Å². The van der Waals surface area contributed by atoms with Crippen molar-refractivity contribution in [2.75, 3.05) is 50.0 Å². The van der Waals surface area contributed by atoms with E-state index >= 15 is 0 Å². The number of hydrogen-bond donors (Lipinski definition) is 4. The number of H-pyrrole nitrogens is 1. The van der Waals surface area contributed by atoms with Gasteiger partial charge in [-0.25, -0.2) is 4.98 Å². The first-order chi connectivity index (χ1) is 17.6. The number of hydrogen-bond acceptors (Lipinski definition) is 8. The molecule has 0 unspecified atom stereocenters. The number of anilines is 4. The molecule has 0 radical (unpaired) electrons. The molecule has 1 saturated carbocycles. The van der Waals surface area contributed by atoms with Gasteiger partial charge in [0.25, 0.3) is 0 Å². The molecule has 1 saturated heterocycles. The van der Waals surface area contributed by atoms with E-state index in [1.54, 1.807) is 0 Å². The topological polar surface area (TPSA) is 120 Å². The molecular formula is C26H34N8O2. The summed E-state index contributed by atoms with van der Waals surface area (Å²) < 4.78 is 5.35. The fourth-order valence-corrected chi connectivity index (χ4v) is 4.23. The normalized spacial score (nSPS) is 16.0. The Morgan fingerprint density at radius 3 is 2.67 bits per heavy atom. The van der Waals surface area contributed by atoms with Crippen molar-refractivity contribution in [2.24, 2.45) is 0 Å². The van der Waals surface area contributed by atoms with Crippen LogP contribution in [0.3, 0.4) is 0 Å². The maximum Gasteiger partial charge on any atom is 0.229 e. The monoisotopic (exact) mass is 490 g/mol. The summed E-state index contributed by atoms with van der Waals surface area (Å²) >= 11 is 0. The standard InChI is InChI=1S/C26H34N8O2/c1-18-16-23(30-24-17-22(32-33-24)20-5-6-20)31-26(28-18)29-21-7-2-19(3-8-21)4-9-25(35)27-10-11-34-12-14-36-15-13-34/h2-3,7-8,16-17,20H,4-6,9-15H2,1H3,(H,27,35)(H3,28,29,30,31,32,33). The summed E-state index contributed by atoms with van der Waals surface area (Å²) in [5, 5.41) is 17.0. The lowest BCUT2D eigenvalue weighted by Crippen LogP contribution is -2.41. The average molecular weight is 491 g/mol. The van der Waals surface area contributed by atoms with Crippen LogP contribution in [0.25, 0.3) is 0 Å². The number of aromatic amines is 1. The Morgan fingerprint density at radius 2 is 1.89 bits per heavy atom. The zero-order chi connectivity index (χ0) is 24.7. The molecule has 1 aliphatic carbocycles. The Hall–Kier alpha value is -3.50. The van der Waals surface area contributed by atoms with Gasteiger partial charge in [0.15, 0.2) is 5.82 Å². The van der Waals surface area contributed by atoms with Gasteiger partial charge in [0.1, 0.15) is 5.82 Å². The molecule has 10 heteroatoms. The molecule has 0 spiro atoms.